The third-order valence-corrected chi connectivity index (χ3v) is 3.27. The molecule has 0 aromatic heterocycles. The minimum atomic E-state index is 0.546. The Kier molecular flexibility index (Phi) is 4.65. The molecule has 0 unspecified atom stereocenters. The zero-order valence-corrected chi connectivity index (χ0v) is 11.8. The first-order valence-corrected chi connectivity index (χ1v) is 6.85. The van der Waals surface area contributed by atoms with Gasteiger partial charge in [0, 0.05) is 5.33 Å². The van der Waals surface area contributed by atoms with E-state index in [1.807, 2.05) is 48.5 Å². The highest BCUT2D eigenvalue weighted by Crippen LogP contribution is 2.29. The summed E-state index contributed by atoms with van der Waals surface area (Å²) in [5.74, 6) is 1.54. The zero-order valence-electron chi connectivity index (χ0n) is 10.2. The molecule has 0 saturated heterocycles. The summed E-state index contributed by atoms with van der Waals surface area (Å²) in [6.45, 7) is 0.546. The van der Waals surface area contributed by atoms with E-state index in [-0.39, 0.29) is 0 Å². The molecule has 0 atom stereocenters. The van der Waals surface area contributed by atoms with Crippen molar-refractivity contribution in [2.24, 2.45) is 0 Å². The monoisotopic (exact) mass is 306 g/mol. The Hall–Kier alpha value is -1.48. The van der Waals surface area contributed by atoms with Crippen LogP contribution in [0.3, 0.4) is 0 Å². The van der Waals surface area contributed by atoms with E-state index < -0.39 is 0 Å². The molecule has 0 aliphatic rings. The zero-order chi connectivity index (χ0) is 12.8. The van der Waals surface area contributed by atoms with E-state index >= 15 is 0 Å². The highest BCUT2D eigenvalue weighted by atomic mass is 79.9. The van der Waals surface area contributed by atoms with Gasteiger partial charge in [-0.3, -0.25) is 0 Å². The van der Waals surface area contributed by atoms with Crippen molar-refractivity contribution in [3.63, 3.8) is 0 Å². The van der Waals surface area contributed by atoms with Crippen LogP contribution < -0.4 is 9.47 Å². The lowest BCUT2D eigenvalue weighted by atomic mass is 10.2. The van der Waals surface area contributed by atoms with Gasteiger partial charge in [0.2, 0.25) is 0 Å². The summed E-state index contributed by atoms with van der Waals surface area (Å²) in [6, 6.07) is 16.0. The second-order valence-electron chi connectivity index (χ2n) is 3.89. The topological polar surface area (TPSA) is 18.5 Å². The van der Waals surface area contributed by atoms with Crippen molar-refractivity contribution in [2.75, 3.05) is 7.11 Å². The molecule has 0 bridgehead atoms. The molecule has 94 valence electrons. The molecule has 18 heavy (non-hydrogen) atoms. The number of benzene rings is 2. The van der Waals surface area contributed by atoms with Crippen molar-refractivity contribution in [1.82, 2.24) is 0 Å². The van der Waals surface area contributed by atoms with E-state index in [9.17, 15) is 0 Å². The molecule has 0 spiro atoms. The van der Waals surface area contributed by atoms with Crippen molar-refractivity contribution in [2.45, 2.75) is 11.9 Å². The highest BCUT2D eigenvalue weighted by molar-refractivity contribution is 9.08. The average Bonchev–Trinajstić information content (AvgIpc) is 2.46. The third-order valence-electron chi connectivity index (χ3n) is 2.62. The number of hydrogen-bond donors (Lipinski definition) is 0. The maximum atomic E-state index is 5.77. The van der Waals surface area contributed by atoms with Crippen LogP contribution >= 0.6 is 15.9 Å². The highest BCUT2D eigenvalue weighted by Gasteiger charge is 2.05. The lowest BCUT2D eigenvalue weighted by molar-refractivity contribution is 0.284. The Labute approximate surface area is 116 Å². The predicted molar refractivity (Wildman–Crippen MR) is 76.4 cm³/mol. The lowest BCUT2D eigenvalue weighted by Crippen LogP contribution is -1.98. The van der Waals surface area contributed by atoms with Gasteiger partial charge in [0.1, 0.15) is 6.61 Å². The van der Waals surface area contributed by atoms with Gasteiger partial charge in [-0.15, -0.1) is 0 Å². The molecule has 0 amide bonds. The van der Waals surface area contributed by atoms with E-state index in [0.29, 0.717) is 6.61 Å². The molecule has 0 fully saturated rings. The van der Waals surface area contributed by atoms with Crippen LogP contribution in [0, 0.1) is 0 Å². The Morgan fingerprint density at radius 1 is 0.944 bits per heavy atom. The summed E-state index contributed by atoms with van der Waals surface area (Å²) in [5, 5.41) is 0.808. The fourth-order valence-electron chi connectivity index (χ4n) is 1.65. The van der Waals surface area contributed by atoms with Gasteiger partial charge in [-0.25, -0.2) is 0 Å². The fourth-order valence-corrected chi connectivity index (χ4v) is 2.00. The third kappa shape index (κ3) is 3.26. The first kappa shape index (κ1) is 13.0. The van der Waals surface area contributed by atoms with E-state index in [1.54, 1.807) is 7.11 Å². The number of methoxy groups -OCH3 is 1. The average molecular weight is 307 g/mol. The molecular formula is C15H15BrO2. The van der Waals surface area contributed by atoms with Crippen LogP contribution in [-0.4, -0.2) is 7.11 Å². The number of halogens is 1. The van der Waals surface area contributed by atoms with Crippen LogP contribution in [0.1, 0.15) is 11.1 Å². The Morgan fingerprint density at radius 3 is 2.39 bits per heavy atom. The molecule has 0 aliphatic heterocycles. The molecule has 0 N–H and O–H groups in total. The summed E-state index contributed by atoms with van der Waals surface area (Å²) < 4.78 is 11.1. The lowest BCUT2D eigenvalue weighted by Gasteiger charge is -2.11. The Balaban J connectivity index is 2.09. The Morgan fingerprint density at radius 2 is 1.72 bits per heavy atom. The van der Waals surface area contributed by atoms with Gasteiger partial charge < -0.3 is 9.47 Å². The van der Waals surface area contributed by atoms with Crippen molar-refractivity contribution >= 4 is 15.9 Å². The smallest absolute Gasteiger partial charge is 0.161 e. The fraction of sp³-hybridized carbons (Fsp3) is 0.200. The largest absolute Gasteiger partial charge is 0.493 e. The van der Waals surface area contributed by atoms with Gasteiger partial charge >= 0.3 is 0 Å². The molecule has 3 heteroatoms. The minimum absolute atomic E-state index is 0.546. The second kappa shape index (κ2) is 6.45. The van der Waals surface area contributed by atoms with Crippen LogP contribution in [0.2, 0.25) is 0 Å². The van der Waals surface area contributed by atoms with E-state index in [1.165, 1.54) is 5.56 Å². The van der Waals surface area contributed by atoms with Crippen LogP contribution in [-0.2, 0) is 11.9 Å². The molecule has 2 aromatic rings. The number of hydrogen-bond acceptors (Lipinski definition) is 2. The standard InChI is InChI=1S/C15H15BrO2/c1-17-15-9-13(10-16)7-8-14(15)18-11-12-5-3-2-4-6-12/h2-9H,10-11H2,1H3. The molecule has 0 aliphatic carbocycles. The molecule has 2 aromatic carbocycles. The first-order valence-electron chi connectivity index (χ1n) is 5.73. The van der Waals surface area contributed by atoms with E-state index in [0.717, 1.165) is 22.4 Å². The van der Waals surface area contributed by atoms with E-state index in [2.05, 4.69) is 15.9 Å². The van der Waals surface area contributed by atoms with Crippen LogP contribution in [0.25, 0.3) is 0 Å². The molecule has 0 radical (unpaired) electrons. The van der Waals surface area contributed by atoms with Gasteiger partial charge in [-0.1, -0.05) is 52.3 Å². The van der Waals surface area contributed by atoms with Gasteiger partial charge in [0.15, 0.2) is 11.5 Å². The number of alkyl halides is 1. The van der Waals surface area contributed by atoms with E-state index in [4.69, 9.17) is 9.47 Å². The summed E-state index contributed by atoms with van der Waals surface area (Å²) in [6.07, 6.45) is 0. The summed E-state index contributed by atoms with van der Waals surface area (Å²) in [4.78, 5) is 0. The predicted octanol–water partition coefficient (Wildman–Crippen LogP) is 4.17. The van der Waals surface area contributed by atoms with Gasteiger partial charge in [-0.05, 0) is 23.3 Å². The maximum Gasteiger partial charge on any atom is 0.161 e. The quantitative estimate of drug-likeness (QED) is 0.772. The molecule has 2 nitrogen and oxygen atoms in total. The Bertz CT molecular complexity index is 497. The minimum Gasteiger partial charge on any atom is -0.493 e. The summed E-state index contributed by atoms with van der Waals surface area (Å²) in [5.41, 5.74) is 2.31. The second-order valence-corrected chi connectivity index (χ2v) is 4.45. The van der Waals surface area contributed by atoms with Crippen molar-refractivity contribution in [3.05, 3.63) is 59.7 Å². The van der Waals surface area contributed by atoms with Crippen LogP contribution in [0.15, 0.2) is 48.5 Å². The van der Waals surface area contributed by atoms with Gasteiger partial charge in [-0.2, -0.15) is 0 Å². The molecular weight excluding hydrogens is 292 g/mol. The summed E-state index contributed by atoms with van der Waals surface area (Å²) >= 11 is 3.42. The number of rotatable bonds is 5. The van der Waals surface area contributed by atoms with Gasteiger partial charge in [0.05, 0.1) is 7.11 Å². The van der Waals surface area contributed by atoms with Crippen molar-refractivity contribution in [3.8, 4) is 11.5 Å². The SMILES string of the molecule is COc1cc(CBr)ccc1OCc1ccccc1. The normalized spacial score (nSPS) is 10.1. The maximum absolute atomic E-state index is 5.77. The first-order chi connectivity index (χ1) is 8.83. The number of ether oxygens (including phenoxy) is 2. The summed E-state index contributed by atoms with van der Waals surface area (Å²) in [7, 11) is 1.66. The molecule has 2 rings (SSSR count). The van der Waals surface area contributed by atoms with Crippen molar-refractivity contribution in [1.29, 1.82) is 0 Å². The van der Waals surface area contributed by atoms with Gasteiger partial charge in [0.25, 0.3) is 0 Å². The molecule has 0 heterocycles. The van der Waals surface area contributed by atoms with Crippen LogP contribution in [0.4, 0.5) is 0 Å². The molecule has 0 saturated carbocycles. The van der Waals surface area contributed by atoms with Crippen molar-refractivity contribution < 1.29 is 9.47 Å². The van der Waals surface area contributed by atoms with Crippen LogP contribution in [0.5, 0.6) is 11.5 Å².